The van der Waals surface area contributed by atoms with E-state index in [1.54, 1.807) is 6.07 Å². The van der Waals surface area contributed by atoms with E-state index in [2.05, 4.69) is 31.4 Å². The molecule has 0 unspecified atom stereocenters. The Kier molecular flexibility index (Phi) is 4.26. The average Bonchev–Trinajstić information content (AvgIpc) is 2.41. The van der Waals surface area contributed by atoms with Gasteiger partial charge in [0.2, 0.25) is 0 Å². The quantitative estimate of drug-likeness (QED) is 0.672. The van der Waals surface area contributed by atoms with E-state index in [1.807, 2.05) is 0 Å². The van der Waals surface area contributed by atoms with Crippen molar-refractivity contribution >= 4 is 44.8 Å². The standard InChI is InChI=1S/C11H6BrClN4O3/c12-6-1-2-7(9(5-6)17(19)20)14-11(18)8-3-4-10(13)16-15-8/h1-5H,(H,14,18). The largest absolute Gasteiger partial charge is 0.315 e. The smallest absolute Gasteiger partial charge is 0.293 e. The number of aromatic nitrogens is 2. The van der Waals surface area contributed by atoms with Gasteiger partial charge < -0.3 is 5.32 Å². The zero-order chi connectivity index (χ0) is 14.7. The highest BCUT2D eigenvalue weighted by Crippen LogP contribution is 2.28. The molecule has 0 aliphatic rings. The summed E-state index contributed by atoms with van der Waals surface area (Å²) in [6, 6.07) is 7.07. The van der Waals surface area contributed by atoms with Crippen LogP contribution in [0.4, 0.5) is 11.4 Å². The van der Waals surface area contributed by atoms with Crippen molar-refractivity contribution < 1.29 is 9.72 Å². The molecule has 20 heavy (non-hydrogen) atoms. The van der Waals surface area contributed by atoms with E-state index in [0.29, 0.717) is 4.47 Å². The van der Waals surface area contributed by atoms with E-state index in [4.69, 9.17) is 11.6 Å². The molecule has 9 heteroatoms. The minimum atomic E-state index is -0.611. The number of benzene rings is 1. The summed E-state index contributed by atoms with van der Waals surface area (Å²) in [5.74, 6) is -0.611. The third kappa shape index (κ3) is 3.28. The number of hydrogen-bond donors (Lipinski definition) is 1. The number of nitrogens with zero attached hydrogens (tertiary/aromatic N) is 3. The number of carbonyl (C=O) groups is 1. The Labute approximate surface area is 126 Å². The van der Waals surface area contributed by atoms with Gasteiger partial charge in [-0.2, -0.15) is 0 Å². The summed E-state index contributed by atoms with van der Waals surface area (Å²) >= 11 is 8.69. The molecule has 2 aromatic rings. The summed E-state index contributed by atoms with van der Waals surface area (Å²) in [7, 11) is 0. The number of hydrogen-bond acceptors (Lipinski definition) is 5. The van der Waals surface area contributed by atoms with Crippen LogP contribution in [-0.2, 0) is 0 Å². The van der Waals surface area contributed by atoms with Crippen molar-refractivity contribution in [1.29, 1.82) is 0 Å². The van der Waals surface area contributed by atoms with Crippen LogP contribution < -0.4 is 5.32 Å². The number of nitro benzene ring substituents is 1. The number of nitro groups is 1. The van der Waals surface area contributed by atoms with E-state index in [9.17, 15) is 14.9 Å². The van der Waals surface area contributed by atoms with Crippen molar-refractivity contribution in [1.82, 2.24) is 10.2 Å². The van der Waals surface area contributed by atoms with Crippen molar-refractivity contribution in [2.45, 2.75) is 0 Å². The molecule has 0 radical (unpaired) electrons. The Balaban J connectivity index is 2.28. The van der Waals surface area contributed by atoms with E-state index in [0.717, 1.165) is 0 Å². The molecular formula is C11H6BrClN4O3. The molecule has 1 aromatic carbocycles. The van der Waals surface area contributed by atoms with Gasteiger partial charge in [0.25, 0.3) is 11.6 Å². The summed E-state index contributed by atoms with van der Waals surface area (Å²) in [6.45, 7) is 0. The van der Waals surface area contributed by atoms with Gasteiger partial charge in [0.05, 0.1) is 4.92 Å². The van der Waals surface area contributed by atoms with Crippen molar-refractivity contribution in [3.8, 4) is 0 Å². The normalized spacial score (nSPS) is 10.1. The van der Waals surface area contributed by atoms with Crippen LogP contribution in [0.5, 0.6) is 0 Å². The molecule has 0 spiro atoms. The van der Waals surface area contributed by atoms with Crippen LogP contribution in [0.2, 0.25) is 5.15 Å². The highest BCUT2D eigenvalue weighted by atomic mass is 79.9. The molecule has 0 saturated heterocycles. The molecule has 0 fully saturated rings. The fourth-order valence-corrected chi connectivity index (χ4v) is 1.83. The summed E-state index contributed by atoms with van der Waals surface area (Å²) < 4.78 is 0.536. The SMILES string of the molecule is O=C(Nc1ccc(Br)cc1[N+](=O)[O-])c1ccc(Cl)nn1. The van der Waals surface area contributed by atoms with Crippen LogP contribution in [0.15, 0.2) is 34.8 Å². The summed E-state index contributed by atoms with van der Waals surface area (Å²) in [5, 5.41) is 20.6. The monoisotopic (exact) mass is 356 g/mol. The van der Waals surface area contributed by atoms with E-state index in [-0.39, 0.29) is 22.2 Å². The molecule has 2 rings (SSSR count). The van der Waals surface area contributed by atoms with Crippen molar-refractivity contribution in [2.24, 2.45) is 0 Å². The van der Waals surface area contributed by atoms with E-state index >= 15 is 0 Å². The van der Waals surface area contributed by atoms with Gasteiger partial charge in [0.1, 0.15) is 5.69 Å². The van der Waals surface area contributed by atoms with Gasteiger partial charge in [-0.15, -0.1) is 10.2 Å². The first-order chi connectivity index (χ1) is 9.47. The second-order valence-corrected chi connectivity index (χ2v) is 4.92. The Bertz CT molecular complexity index is 678. The van der Waals surface area contributed by atoms with Gasteiger partial charge in [-0.3, -0.25) is 14.9 Å². The average molecular weight is 358 g/mol. The molecule has 7 nitrogen and oxygen atoms in total. The van der Waals surface area contributed by atoms with Gasteiger partial charge in [-0.1, -0.05) is 27.5 Å². The zero-order valence-electron chi connectivity index (χ0n) is 9.71. The first-order valence-electron chi connectivity index (χ1n) is 5.22. The molecule has 0 saturated carbocycles. The van der Waals surface area contributed by atoms with Crippen LogP contribution in [0.3, 0.4) is 0 Å². The Morgan fingerprint density at radius 3 is 2.65 bits per heavy atom. The Hall–Kier alpha value is -2.06. The maximum atomic E-state index is 11.9. The van der Waals surface area contributed by atoms with Gasteiger partial charge in [0.15, 0.2) is 10.8 Å². The third-order valence-electron chi connectivity index (χ3n) is 2.27. The third-order valence-corrected chi connectivity index (χ3v) is 2.96. The van der Waals surface area contributed by atoms with Gasteiger partial charge in [-0.05, 0) is 24.3 Å². The fraction of sp³-hybridized carbons (Fsp3) is 0. The molecule has 1 amide bonds. The van der Waals surface area contributed by atoms with Crippen LogP contribution in [0.25, 0.3) is 0 Å². The predicted molar refractivity (Wildman–Crippen MR) is 75.8 cm³/mol. The van der Waals surface area contributed by atoms with E-state index in [1.165, 1.54) is 24.3 Å². The molecule has 1 heterocycles. The molecule has 1 N–H and O–H groups in total. The second-order valence-electron chi connectivity index (χ2n) is 3.61. The lowest BCUT2D eigenvalue weighted by Crippen LogP contribution is -2.15. The first kappa shape index (κ1) is 14.4. The number of carbonyl (C=O) groups excluding carboxylic acids is 1. The Morgan fingerprint density at radius 2 is 2.05 bits per heavy atom. The lowest BCUT2D eigenvalue weighted by atomic mass is 10.2. The van der Waals surface area contributed by atoms with E-state index < -0.39 is 10.8 Å². The number of halogens is 2. The maximum absolute atomic E-state index is 11.9. The number of rotatable bonds is 3. The lowest BCUT2D eigenvalue weighted by Gasteiger charge is -2.05. The van der Waals surface area contributed by atoms with Crippen LogP contribution in [0.1, 0.15) is 10.5 Å². The molecule has 0 aliphatic carbocycles. The molecule has 1 aromatic heterocycles. The molecular weight excluding hydrogens is 352 g/mol. The highest BCUT2D eigenvalue weighted by Gasteiger charge is 2.17. The zero-order valence-corrected chi connectivity index (χ0v) is 12.1. The second kappa shape index (κ2) is 5.93. The summed E-state index contributed by atoms with van der Waals surface area (Å²) in [4.78, 5) is 22.2. The van der Waals surface area contributed by atoms with Crippen LogP contribution in [-0.4, -0.2) is 21.0 Å². The molecule has 0 atom stereocenters. The Morgan fingerprint density at radius 1 is 1.30 bits per heavy atom. The maximum Gasteiger partial charge on any atom is 0.293 e. The van der Waals surface area contributed by atoms with Gasteiger partial charge in [0, 0.05) is 10.5 Å². The van der Waals surface area contributed by atoms with Crippen LogP contribution in [0, 0.1) is 10.1 Å². The molecule has 102 valence electrons. The molecule has 0 aliphatic heterocycles. The summed E-state index contributed by atoms with van der Waals surface area (Å²) in [5.41, 5.74) is -0.152. The minimum absolute atomic E-state index is 0.00613. The van der Waals surface area contributed by atoms with Gasteiger partial charge >= 0.3 is 0 Å². The first-order valence-corrected chi connectivity index (χ1v) is 6.39. The minimum Gasteiger partial charge on any atom is -0.315 e. The fourth-order valence-electron chi connectivity index (χ4n) is 1.38. The number of nitrogens with one attached hydrogen (secondary N) is 1. The lowest BCUT2D eigenvalue weighted by molar-refractivity contribution is -0.384. The molecule has 0 bridgehead atoms. The topological polar surface area (TPSA) is 98.0 Å². The van der Waals surface area contributed by atoms with Crippen molar-refractivity contribution in [3.63, 3.8) is 0 Å². The highest BCUT2D eigenvalue weighted by molar-refractivity contribution is 9.10. The van der Waals surface area contributed by atoms with Crippen molar-refractivity contribution in [2.75, 3.05) is 5.32 Å². The predicted octanol–water partition coefficient (Wildman–Crippen LogP) is 3.05. The van der Waals surface area contributed by atoms with Crippen molar-refractivity contribution in [3.05, 3.63) is 55.8 Å². The number of anilines is 1. The van der Waals surface area contributed by atoms with Crippen LogP contribution >= 0.6 is 27.5 Å². The summed E-state index contributed by atoms with van der Waals surface area (Å²) in [6.07, 6.45) is 0. The van der Waals surface area contributed by atoms with Gasteiger partial charge in [-0.25, -0.2) is 0 Å². The number of amides is 1.